The lowest BCUT2D eigenvalue weighted by atomic mass is 10.2. The SMILES string of the molecule is CCCCCCNc1nc(N)ncc1[N+](=O)[O-]. The molecule has 0 atom stereocenters. The summed E-state index contributed by atoms with van der Waals surface area (Å²) < 4.78 is 0. The van der Waals surface area contributed by atoms with Crippen molar-refractivity contribution in [3.05, 3.63) is 16.3 Å². The summed E-state index contributed by atoms with van der Waals surface area (Å²) in [5.41, 5.74) is 5.25. The highest BCUT2D eigenvalue weighted by Crippen LogP contribution is 2.20. The van der Waals surface area contributed by atoms with Crippen LogP contribution in [0.1, 0.15) is 32.6 Å². The summed E-state index contributed by atoms with van der Waals surface area (Å²) in [5.74, 6) is 0.227. The van der Waals surface area contributed by atoms with Crippen LogP contribution in [0.3, 0.4) is 0 Å². The van der Waals surface area contributed by atoms with Crippen molar-refractivity contribution >= 4 is 17.5 Å². The zero-order valence-electron chi connectivity index (χ0n) is 9.85. The number of nitrogens with two attached hydrogens (primary N) is 1. The number of unbranched alkanes of at least 4 members (excludes halogenated alkanes) is 3. The summed E-state index contributed by atoms with van der Waals surface area (Å²) in [5, 5.41) is 13.6. The monoisotopic (exact) mass is 239 g/mol. The molecule has 0 amide bonds. The Bertz CT molecular complexity index is 383. The second-order valence-electron chi connectivity index (χ2n) is 3.71. The molecule has 0 bridgehead atoms. The van der Waals surface area contributed by atoms with Crippen LogP contribution >= 0.6 is 0 Å². The molecular formula is C10H17N5O2. The standard InChI is InChI=1S/C10H17N5O2/c1-2-3-4-5-6-12-9-8(15(16)17)7-13-10(11)14-9/h7H,2-6H2,1H3,(H3,11,12,13,14). The third kappa shape index (κ3) is 4.21. The molecule has 0 spiro atoms. The molecule has 0 aromatic carbocycles. The summed E-state index contributed by atoms with van der Waals surface area (Å²) in [4.78, 5) is 17.6. The van der Waals surface area contributed by atoms with Gasteiger partial charge in [-0.3, -0.25) is 10.1 Å². The first-order valence-corrected chi connectivity index (χ1v) is 5.66. The van der Waals surface area contributed by atoms with Crippen molar-refractivity contribution in [2.75, 3.05) is 17.6 Å². The van der Waals surface area contributed by atoms with Gasteiger partial charge < -0.3 is 11.1 Å². The first-order valence-electron chi connectivity index (χ1n) is 5.66. The van der Waals surface area contributed by atoms with Crippen molar-refractivity contribution in [3.8, 4) is 0 Å². The summed E-state index contributed by atoms with van der Waals surface area (Å²) in [6, 6.07) is 0. The maximum absolute atomic E-state index is 10.7. The third-order valence-corrected chi connectivity index (χ3v) is 2.31. The van der Waals surface area contributed by atoms with E-state index in [1.54, 1.807) is 0 Å². The van der Waals surface area contributed by atoms with Crippen LogP contribution in [-0.2, 0) is 0 Å². The summed E-state index contributed by atoms with van der Waals surface area (Å²) in [6.45, 7) is 2.78. The number of hydrogen-bond donors (Lipinski definition) is 2. The fourth-order valence-electron chi connectivity index (χ4n) is 1.41. The number of aromatic nitrogens is 2. The molecule has 0 aliphatic carbocycles. The molecule has 0 saturated carbocycles. The minimum Gasteiger partial charge on any atom is -0.368 e. The lowest BCUT2D eigenvalue weighted by Crippen LogP contribution is -2.08. The number of hydrogen-bond acceptors (Lipinski definition) is 6. The minimum atomic E-state index is -0.520. The second-order valence-corrected chi connectivity index (χ2v) is 3.71. The van der Waals surface area contributed by atoms with Crippen LogP contribution in [0.5, 0.6) is 0 Å². The predicted octanol–water partition coefficient (Wildman–Crippen LogP) is 1.96. The number of nitro groups is 1. The molecular weight excluding hydrogens is 222 g/mol. The van der Waals surface area contributed by atoms with Gasteiger partial charge in [0.2, 0.25) is 11.8 Å². The Labute approximate surface area is 99.6 Å². The first kappa shape index (κ1) is 13.1. The van der Waals surface area contributed by atoms with E-state index >= 15 is 0 Å². The van der Waals surface area contributed by atoms with E-state index in [4.69, 9.17) is 5.73 Å². The van der Waals surface area contributed by atoms with Crippen LogP contribution < -0.4 is 11.1 Å². The lowest BCUT2D eigenvalue weighted by molar-refractivity contribution is -0.384. The molecule has 0 aliphatic heterocycles. The Kier molecular flexibility index (Phi) is 5.12. The van der Waals surface area contributed by atoms with Gasteiger partial charge in [0.05, 0.1) is 4.92 Å². The van der Waals surface area contributed by atoms with Crippen LogP contribution in [0.25, 0.3) is 0 Å². The van der Waals surface area contributed by atoms with Crippen LogP contribution in [0, 0.1) is 10.1 Å². The maximum atomic E-state index is 10.7. The number of rotatable bonds is 7. The molecule has 1 aromatic heterocycles. The van der Waals surface area contributed by atoms with E-state index in [9.17, 15) is 10.1 Å². The predicted molar refractivity (Wildman–Crippen MR) is 65.7 cm³/mol. The molecule has 0 aliphatic rings. The fraction of sp³-hybridized carbons (Fsp3) is 0.600. The van der Waals surface area contributed by atoms with Gasteiger partial charge in [-0.1, -0.05) is 26.2 Å². The van der Waals surface area contributed by atoms with Crippen molar-refractivity contribution in [3.63, 3.8) is 0 Å². The highest BCUT2D eigenvalue weighted by atomic mass is 16.6. The third-order valence-electron chi connectivity index (χ3n) is 2.31. The molecule has 3 N–H and O–H groups in total. The summed E-state index contributed by atoms with van der Waals surface area (Å²) in [7, 11) is 0. The summed E-state index contributed by atoms with van der Waals surface area (Å²) >= 11 is 0. The number of nitrogens with one attached hydrogen (secondary N) is 1. The Balaban J connectivity index is 2.56. The smallest absolute Gasteiger partial charge is 0.329 e. The second kappa shape index (κ2) is 6.62. The van der Waals surface area contributed by atoms with E-state index in [1.807, 2.05) is 0 Å². The minimum absolute atomic E-state index is 0.0339. The molecule has 0 radical (unpaired) electrons. The normalized spacial score (nSPS) is 10.2. The zero-order valence-corrected chi connectivity index (χ0v) is 9.85. The van der Waals surface area contributed by atoms with E-state index in [1.165, 1.54) is 0 Å². The lowest BCUT2D eigenvalue weighted by Gasteiger charge is -2.05. The molecule has 94 valence electrons. The van der Waals surface area contributed by atoms with Crippen molar-refractivity contribution in [1.29, 1.82) is 0 Å². The van der Waals surface area contributed by atoms with Gasteiger partial charge in [0.25, 0.3) is 0 Å². The van der Waals surface area contributed by atoms with E-state index in [2.05, 4.69) is 22.2 Å². The molecule has 0 saturated heterocycles. The van der Waals surface area contributed by atoms with Gasteiger partial charge in [-0.25, -0.2) is 4.98 Å². The molecule has 1 rings (SSSR count). The Morgan fingerprint density at radius 3 is 2.88 bits per heavy atom. The van der Waals surface area contributed by atoms with Gasteiger partial charge in [-0.05, 0) is 6.42 Å². The maximum Gasteiger partial charge on any atom is 0.329 e. The highest BCUT2D eigenvalue weighted by molar-refractivity contribution is 5.56. The highest BCUT2D eigenvalue weighted by Gasteiger charge is 2.15. The van der Waals surface area contributed by atoms with Gasteiger partial charge in [-0.15, -0.1) is 0 Å². The van der Waals surface area contributed by atoms with Crippen LogP contribution in [0.15, 0.2) is 6.20 Å². The Morgan fingerprint density at radius 2 is 2.24 bits per heavy atom. The van der Waals surface area contributed by atoms with E-state index < -0.39 is 4.92 Å². The molecule has 7 heteroatoms. The number of nitrogens with zero attached hydrogens (tertiary/aromatic N) is 3. The molecule has 17 heavy (non-hydrogen) atoms. The van der Waals surface area contributed by atoms with E-state index in [0.29, 0.717) is 6.54 Å². The van der Waals surface area contributed by atoms with E-state index in [-0.39, 0.29) is 17.5 Å². The average Bonchev–Trinajstić information content (AvgIpc) is 2.28. The van der Waals surface area contributed by atoms with Gasteiger partial charge in [0.15, 0.2) is 0 Å². The van der Waals surface area contributed by atoms with Gasteiger partial charge in [0.1, 0.15) is 6.20 Å². The van der Waals surface area contributed by atoms with Crippen LogP contribution in [0.4, 0.5) is 17.5 Å². The van der Waals surface area contributed by atoms with Gasteiger partial charge in [-0.2, -0.15) is 4.98 Å². The Hall–Kier alpha value is -1.92. The topological polar surface area (TPSA) is 107 Å². The average molecular weight is 239 g/mol. The van der Waals surface area contributed by atoms with Crippen molar-refractivity contribution in [2.24, 2.45) is 0 Å². The number of nitrogen functional groups attached to an aromatic ring is 1. The number of anilines is 2. The zero-order chi connectivity index (χ0) is 12.7. The molecule has 0 fully saturated rings. The molecule has 1 heterocycles. The van der Waals surface area contributed by atoms with Crippen LogP contribution in [0.2, 0.25) is 0 Å². The Morgan fingerprint density at radius 1 is 1.47 bits per heavy atom. The summed E-state index contributed by atoms with van der Waals surface area (Å²) in [6.07, 6.45) is 5.49. The largest absolute Gasteiger partial charge is 0.368 e. The van der Waals surface area contributed by atoms with Crippen molar-refractivity contribution in [2.45, 2.75) is 32.6 Å². The van der Waals surface area contributed by atoms with Gasteiger partial charge in [0, 0.05) is 6.54 Å². The molecule has 0 unspecified atom stereocenters. The quantitative estimate of drug-likeness (QED) is 0.428. The van der Waals surface area contributed by atoms with Crippen molar-refractivity contribution < 1.29 is 4.92 Å². The molecule has 1 aromatic rings. The van der Waals surface area contributed by atoms with E-state index in [0.717, 1.165) is 31.9 Å². The van der Waals surface area contributed by atoms with Crippen LogP contribution in [-0.4, -0.2) is 21.4 Å². The fourth-order valence-corrected chi connectivity index (χ4v) is 1.41. The first-order chi connectivity index (χ1) is 8.15. The molecule has 7 nitrogen and oxygen atoms in total. The van der Waals surface area contributed by atoms with Crippen molar-refractivity contribution in [1.82, 2.24) is 9.97 Å². The van der Waals surface area contributed by atoms with Gasteiger partial charge >= 0.3 is 5.69 Å².